The number of hydrogen-bond acceptors (Lipinski definition) is 2. The van der Waals surface area contributed by atoms with Crippen molar-refractivity contribution in [2.24, 2.45) is 0 Å². The summed E-state index contributed by atoms with van der Waals surface area (Å²) in [4.78, 5) is 0. The van der Waals surface area contributed by atoms with Gasteiger partial charge in [0.2, 0.25) is 8.32 Å². The van der Waals surface area contributed by atoms with Crippen LogP contribution in [-0.2, 0) is 5.41 Å². The molecule has 0 spiro atoms. The maximum atomic E-state index is 7.69. The Hall–Kier alpha value is -8.50. The number of methoxy groups -OCH3 is 1. The van der Waals surface area contributed by atoms with Gasteiger partial charge in [-0.05, 0) is 357 Å². The highest BCUT2D eigenvalue weighted by atomic mass is 28.4. The molecule has 0 saturated heterocycles. The van der Waals surface area contributed by atoms with Crippen molar-refractivity contribution in [2.75, 3.05) is 7.11 Å². The number of rotatable bonds is 5. The second kappa shape index (κ2) is 6.62. The first-order valence-corrected chi connectivity index (χ1v) is 30.3. The van der Waals surface area contributed by atoms with Gasteiger partial charge in [0, 0.05) is 11.3 Å². The smallest absolute Gasteiger partial charge is 0.246 e. The van der Waals surface area contributed by atoms with Crippen LogP contribution in [0.2, 0.25) is 19.1 Å². The van der Waals surface area contributed by atoms with Gasteiger partial charge in [-0.1, -0.05) is 0 Å². The first-order valence-electron chi connectivity index (χ1n) is 27.2. The molecular weight excluding hydrogens is 901 g/mol. The Morgan fingerprint density at radius 1 is 0.288 bits per heavy atom. The molecule has 0 bridgehead atoms. The van der Waals surface area contributed by atoms with Crippen molar-refractivity contribution in [3.8, 4) is 11.5 Å². The van der Waals surface area contributed by atoms with Gasteiger partial charge >= 0.3 is 0 Å². The molecule has 0 amide bonds. The van der Waals surface area contributed by atoms with Gasteiger partial charge in [0.15, 0.2) is 0 Å². The Kier molecular flexibility index (Phi) is 2.59. The highest BCUT2D eigenvalue weighted by Gasteiger charge is 2.64. The van der Waals surface area contributed by atoms with Gasteiger partial charge in [0.25, 0.3) is 0 Å². The Bertz CT molecular complexity index is 7220. The molecule has 4 aliphatic carbocycles. The summed E-state index contributed by atoms with van der Waals surface area (Å²) in [5.41, 5.74) is 6.69. The maximum Gasteiger partial charge on any atom is 0.246 e. The van der Waals surface area contributed by atoms with Gasteiger partial charge in [-0.2, -0.15) is 0 Å². The molecule has 2 nitrogen and oxygen atoms in total. The average molecular weight is 917 g/mol. The van der Waals surface area contributed by atoms with Crippen molar-refractivity contribution >= 4 is 299 Å². The van der Waals surface area contributed by atoms with Crippen LogP contribution in [-0.4, -0.2) is 15.4 Å². The zero-order valence-corrected chi connectivity index (χ0v) is 39.4. The predicted octanol–water partition coefficient (Wildman–Crippen LogP) is 19.4. The second-order valence-electron chi connectivity index (χ2n) is 26.9. The highest BCUT2D eigenvalue weighted by molar-refractivity contribution is 6.82. The molecule has 0 N–H and O–H groups in total. The average Bonchev–Trinajstić information content (AvgIpc) is 4.42. The van der Waals surface area contributed by atoms with Crippen LogP contribution < -0.4 is 9.16 Å². The van der Waals surface area contributed by atoms with Gasteiger partial charge in [-0.15, -0.1) is 0 Å². The fraction of sp³-hybridized carbons (Fsp3) is 0.0857. The van der Waals surface area contributed by atoms with Crippen LogP contribution in [0.1, 0.15) is 28.2 Å². The fourth-order valence-electron chi connectivity index (χ4n) is 25.3. The summed E-state index contributed by atoms with van der Waals surface area (Å²) in [6, 6.07) is 9.61. The molecule has 0 radical (unpaired) electrons. The Balaban J connectivity index is 1.07. The zero-order chi connectivity index (χ0) is 44.2. The van der Waals surface area contributed by atoms with E-state index in [1.807, 2.05) is 0 Å². The quantitative estimate of drug-likeness (QED) is 0.127. The molecule has 29 aromatic carbocycles. The maximum absolute atomic E-state index is 7.69. The molecule has 29 aromatic rings. The van der Waals surface area contributed by atoms with E-state index in [-0.39, 0.29) is 11.3 Å². The SMILES string of the molecule is COc1ccc(O[Si](C)(C)CC23c4c5c6c7c8c9c(c%10c%11c2c2c4c4c%12c5c5c6c6c8c8c%13c9c9c%10c%10c%11c%11c2c2c4c4c%12c%12c5c5c6c8c6c8c%13c9c9c%10c%10c%11c2c2c4c4c%12c5c6c5c8c9c%10c2c45)C73)cc1. The van der Waals surface area contributed by atoms with Crippen LogP contribution >= 0.6 is 0 Å². The molecule has 0 aliphatic heterocycles. The van der Waals surface area contributed by atoms with Crippen LogP contribution in [0.15, 0.2) is 24.3 Å². The van der Waals surface area contributed by atoms with Crippen molar-refractivity contribution in [1.29, 1.82) is 0 Å². The largest absolute Gasteiger partial charge is 0.544 e. The highest BCUT2D eigenvalue weighted by Crippen LogP contribution is 2.84. The topological polar surface area (TPSA) is 18.5 Å². The van der Waals surface area contributed by atoms with Crippen molar-refractivity contribution < 1.29 is 9.16 Å². The van der Waals surface area contributed by atoms with Crippen LogP contribution in [0.4, 0.5) is 0 Å². The Morgan fingerprint density at radius 2 is 0.479 bits per heavy atom. The van der Waals surface area contributed by atoms with E-state index in [4.69, 9.17) is 9.16 Å². The van der Waals surface area contributed by atoms with Crippen LogP contribution in [0.25, 0.3) is 291 Å². The van der Waals surface area contributed by atoms with Crippen LogP contribution in [0.5, 0.6) is 11.5 Å². The second-order valence-corrected chi connectivity index (χ2v) is 31.0. The molecule has 73 heavy (non-hydrogen) atoms. The summed E-state index contributed by atoms with van der Waals surface area (Å²) >= 11 is 0. The molecule has 0 aromatic heterocycles. The monoisotopic (exact) mass is 916 g/mol. The minimum Gasteiger partial charge on any atom is -0.544 e. The molecule has 0 heterocycles. The van der Waals surface area contributed by atoms with E-state index in [9.17, 15) is 0 Å². The van der Waals surface area contributed by atoms with E-state index in [0.29, 0.717) is 0 Å². The molecule has 33 rings (SSSR count). The third-order valence-corrected chi connectivity index (χ3v) is 27.6. The normalized spacial score (nSPS) is 20.5. The number of ether oxygens (including phenoxy) is 1. The van der Waals surface area contributed by atoms with Gasteiger partial charge < -0.3 is 9.16 Å². The summed E-state index contributed by atoms with van der Waals surface area (Å²) in [5.74, 6) is 2.11. The van der Waals surface area contributed by atoms with E-state index in [2.05, 4.69) is 37.4 Å². The molecule has 3 heteroatoms. The first kappa shape index (κ1) is 28.5. The summed E-state index contributed by atoms with van der Waals surface area (Å²) in [5, 5.41) is 89.6. The Labute approximate surface area is 401 Å². The van der Waals surface area contributed by atoms with Crippen molar-refractivity contribution in [2.45, 2.75) is 30.5 Å². The predicted molar refractivity (Wildman–Crippen MR) is 311 cm³/mol. The van der Waals surface area contributed by atoms with Gasteiger partial charge in [-0.3, -0.25) is 0 Å². The van der Waals surface area contributed by atoms with Crippen molar-refractivity contribution in [3.63, 3.8) is 0 Å². The van der Waals surface area contributed by atoms with Crippen LogP contribution in [0, 0.1) is 0 Å². The minimum atomic E-state index is -2.59. The summed E-state index contributed by atoms with van der Waals surface area (Å²) < 4.78 is 13.4. The molecule has 0 saturated carbocycles. The van der Waals surface area contributed by atoms with Crippen molar-refractivity contribution in [1.82, 2.24) is 0 Å². The molecule has 312 valence electrons. The van der Waals surface area contributed by atoms with Gasteiger partial charge in [-0.25, -0.2) is 0 Å². The molecule has 0 unspecified atom stereocenters. The van der Waals surface area contributed by atoms with E-state index in [0.717, 1.165) is 17.5 Å². The standard InChI is InChI=1S/C70H16O2Si/c1-71-9-4-6-10(7-5-9)72-73(2,3)8-70-67-63-57-43-35-27-15-12-11-13-16(15)28-30-26-20(13)22-18-14(11)17-21-19(12)25-29(27)41(43)49-47-33(25)31(21)39-37-23(17)24(18)38-40-32(22)34(26)48-50-42(30)44(36(28)35)58(57)64(67)60(50)62-54(48)52(40)56-46(38)45(37)55-51(39)53(47)61(59(49)63)68(70)65(55)66(56)69(62)70/h4-7,67H,8H2,1-3H3. The first-order chi connectivity index (χ1) is 36.1. The summed E-state index contributed by atoms with van der Waals surface area (Å²) in [6.45, 7) is 5.17. The number of hydrogen-bond donors (Lipinski definition) is 0. The molecule has 0 atom stereocenters. The van der Waals surface area contributed by atoms with E-state index < -0.39 is 8.32 Å². The summed E-state index contributed by atoms with van der Waals surface area (Å²) in [7, 11) is -0.819. The van der Waals surface area contributed by atoms with Gasteiger partial charge in [0.1, 0.15) is 11.5 Å². The Morgan fingerprint density at radius 3 is 0.726 bits per heavy atom. The molecular formula is C70H16O2Si. The molecule has 4 aliphatic rings. The lowest BCUT2D eigenvalue weighted by molar-refractivity contribution is 0.413. The van der Waals surface area contributed by atoms with E-state index in [1.165, 1.54) is 0 Å². The third-order valence-electron chi connectivity index (χ3n) is 25.4. The minimum absolute atomic E-state index is 0.240. The molecule has 0 fully saturated rings. The third kappa shape index (κ3) is 1.66. The lowest BCUT2D eigenvalue weighted by atomic mass is 9.58. The summed E-state index contributed by atoms with van der Waals surface area (Å²) in [6.07, 6.45) is 0. The van der Waals surface area contributed by atoms with E-state index >= 15 is 0 Å². The lowest BCUT2D eigenvalue weighted by Gasteiger charge is -2.48. The van der Waals surface area contributed by atoms with E-state index in [1.54, 1.807) is 320 Å². The number of benzene rings is 19. The van der Waals surface area contributed by atoms with Crippen LogP contribution in [0.3, 0.4) is 0 Å². The fourth-order valence-corrected chi connectivity index (χ4v) is 28.0. The van der Waals surface area contributed by atoms with Gasteiger partial charge in [0.05, 0.1) is 7.11 Å². The van der Waals surface area contributed by atoms with Crippen molar-refractivity contribution in [3.05, 3.63) is 46.5 Å². The lowest BCUT2D eigenvalue weighted by Crippen LogP contribution is -2.47. The zero-order valence-electron chi connectivity index (χ0n) is 38.4.